The maximum Gasteiger partial charge on any atom is 0.227 e. The Bertz CT molecular complexity index is 1280. The number of piperidine rings is 1. The lowest BCUT2D eigenvalue weighted by molar-refractivity contribution is 0.0800. The molecule has 1 aliphatic heterocycles. The van der Waals surface area contributed by atoms with Crippen LogP contribution in [-0.2, 0) is 0 Å². The number of nitrogens with zero attached hydrogens (tertiary/aromatic N) is 4. The number of benzene rings is 2. The van der Waals surface area contributed by atoms with E-state index in [9.17, 15) is 5.11 Å². The molecule has 0 spiro atoms. The van der Waals surface area contributed by atoms with Gasteiger partial charge in [0.25, 0.3) is 0 Å². The van der Waals surface area contributed by atoms with Gasteiger partial charge < -0.3 is 25.0 Å². The summed E-state index contributed by atoms with van der Waals surface area (Å²) in [6.07, 6.45) is 6.08. The second-order valence-corrected chi connectivity index (χ2v) is 9.21. The number of aryl methyl sites for hydroxylation is 1. The van der Waals surface area contributed by atoms with Gasteiger partial charge >= 0.3 is 0 Å². The molecule has 1 saturated heterocycles. The van der Waals surface area contributed by atoms with Crippen LogP contribution in [0.1, 0.15) is 24.8 Å². The summed E-state index contributed by atoms with van der Waals surface area (Å²) in [6, 6.07) is 17.9. The van der Waals surface area contributed by atoms with E-state index in [0.717, 1.165) is 73.1 Å². The van der Waals surface area contributed by atoms with Crippen LogP contribution in [0.3, 0.4) is 0 Å². The van der Waals surface area contributed by atoms with Gasteiger partial charge in [-0.15, -0.1) is 0 Å². The molecule has 0 radical (unpaired) electrons. The van der Waals surface area contributed by atoms with Crippen LogP contribution in [0.5, 0.6) is 5.75 Å². The van der Waals surface area contributed by atoms with Gasteiger partial charge in [-0.3, -0.25) is 0 Å². The first kappa shape index (κ1) is 24.0. The van der Waals surface area contributed by atoms with Crippen molar-refractivity contribution in [2.45, 2.75) is 32.3 Å². The third-order valence-electron chi connectivity index (χ3n) is 6.33. The van der Waals surface area contributed by atoms with E-state index in [1.165, 1.54) is 5.56 Å². The van der Waals surface area contributed by atoms with Crippen LogP contribution in [0.2, 0.25) is 0 Å². The standard InChI is InChI=1S/C28H32N6O2/c1-20-5-2-6-21(17-20)27-30-19-26(32-27)25-9-12-29-28(33-25)31-22-7-3-8-24(18-22)36-16-4-13-34-14-10-23(35)11-15-34/h2-3,5-9,12,17-19,23,35H,4,10-11,13-16H2,1H3,(H,30,32)(H,29,31,33). The molecule has 0 saturated carbocycles. The number of aromatic nitrogens is 4. The fourth-order valence-corrected chi connectivity index (χ4v) is 4.37. The summed E-state index contributed by atoms with van der Waals surface area (Å²) in [5.74, 6) is 2.12. The van der Waals surface area contributed by atoms with Crippen molar-refractivity contribution in [2.24, 2.45) is 0 Å². The molecule has 3 heterocycles. The minimum atomic E-state index is -0.131. The Morgan fingerprint density at radius 3 is 2.81 bits per heavy atom. The molecule has 1 fully saturated rings. The van der Waals surface area contributed by atoms with Crippen molar-refractivity contribution in [1.82, 2.24) is 24.8 Å². The molecule has 186 valence electrons. The van der Waals surface area contributed by atoms with E-state index in [0.29, 0.717) is 12.6 Å². The fourth-order valence-electron chi connectivity index (χ4n) is 4.37. The molecule has 1 aliphatic rings. The number of aromatic amines is 1. The number of H-pyrrole nitrogens is 1. The Morgan fingerprint density at radius 1 is 1.08 bits per heavy atom. The number of aliphatic hydroxyl groups is 1. The number of hydrogen-bond acceptors (Lipinski definition) is 7. The molecule has 5 rings (SSSR count). The van der Waals surface area contributed by atoms with Crippen LogP contribution >= 0.6 is 0 Å². The normalized spacial score (nSPS) is 14.6. The lowest BCUT2D eigenvalue weighted by atomic mass is 10.1. The van der Waals surface area contributed by atoms with Crippen LogP contribution < -0.4 is 10.1 Å². The van der Waals surface area contributed by atoms with Crippen molar-refractivity contribution in [1.29, 1.82) is 0 Å². The summed E-state index contributed by atoms with van der Waals surface area (Å²) in [5, 5.41) is 12.9. The summed E-state index contributed by atoms with van der Waals surface area (Å²) in [4.78, 5) is 19.3. The molecular weight excluding hydrogens is 452 g/mol. The SMILES string of the molecule is Cc1cccc(-c2ncc(-c3ccnc(Nc4cccc(OCCCN5CCC(O)CC5)c4)n3)[nH]2)c1. The molecular formula is C28H32N6O2. The number of hydrogen-bond donors (Lipinski definition) is 3. The third-order valence-corrected chi connectivity index (χ3v) is 6.33. The molecule has 0 unspecified atom stereocenters. The van der Waals surface area contributed by atoms with Gasteiger partial charge in [0.1, 0.15) is 11.6 Å². The maximum absolute atomic E-state index is 9.63. The van der Waals surface area contributed by atoms with Crippen LogP contribution in [0.15, 0.2) is 67.0 Å². The van der Waals surface area contributed by atoms with Crippen LogP contribution in [0.4, 0.5) is 11.6 Å². The highest BCUT2D eigenvalue weighted by Crippen LogP contribution is 2.24. The van der Waals surface area contributed by atoms with Crippen molar-refractivity contribution in [3.63, 3.8) is 0 Å². The molecule has 36 heavy (non-hydrogen) atoms. The molecule has 2 aromatic heterocycles. The van der Waals surface area contributed by atoms with E-state index in [1.807, 2.05) is 42.5 Å². The van der Waals surface area contributed by atoms with Gasteiger partial charge in [-0.2, -0.15) is 0 Å². The second kappa shape index (κ2) is 11.3. The smallest absolute Gasteiger partial charge is 0.227 e. The molecule has 0 amide bonds. The molecule has 0 atom stereocenters. The Balaban J connectivity index is 1.18. The first-order chi connectivity index (χ1) is 17.6. The van der Waals surface area contributed by atoms with Gasteiger partial charge in [0.2, 0.25) is 5.95 Å². The zero-order valence-electron chi connectivity index (χ0n) is 20.5. The van der Waals surface area contributed by atoms with Crippen molar-refractivity contribution in [3.8, 4) is 28.5 Å². The van der Waals surface area contributed by atoms with Crippen LogP contribution in [-0.4, -0.2) is 62.3 Å². The average molecular weight is 485 g/mol. The van der Waals surface area contributed by atoms with Crippen LogP contribution in [0, 0.1) is 6.92 Å². The van der Waals surface area contributed by atoms with Gasteiger partial charge in [0, 0.05) is 43.1 Å². The first-order valence-electron chi connectivity index (χ1n) is 12.5. The molecule has 0 bridgehead atoms. The molecule has 4 aromatic rings. The second-order valence-electron chi connectivity index (χ2n) is 9.21. The Kier molecular flexibility index (Phi) is 7.54. The summed E-state index contributed by atoms with van der Waals surface area (Å²) in [7, 11) is 0. The third kappa shape index (κ3) is 6.27. The van der Waals surface area contributed by atoms with Crippen molar-refractivity contribution in [3.05, 3.63) is 72.6 Å². The quantitative estimate of drug-likeness (QED) is 0.293. The van der Waals surface area contributed by atoms with Gasteiger partial charge in [-0.1, -0.05) is 29.8 Å². The fraction of sp³-hybridized carbons (Fsp3) is 0.321. The topological polar surface area (TPSA) is 99.2 Å². The monoisotopic (exact) mass is 484 g/mol. The number of ether oxygens (including phenoxy) is 1. The first-order valence-corrected chi connectivity index (χ1v) is 12.5. The van der Waals surface area contributed by atoms with E-state index in [1.54, 1.807) is 12.4 Å². The molecule has 2 aromatic carbocycles. The van der Waals surface area contributed by atoms with Gasteiger partial charge in [0.15, 0.2) is 0 Å². The average Bonchev–Trinajstić information content (AvgIpc) is 3.39. The zero-order valence-corrected chi connectivity index (χ0v) is 20.5. The highest BCUT2D eigenvalue weighted by molar-refractivity contribution is 5.64. The van der Waals surface area contributed by atoms with E-state index in [-0.39, 0.29) is 6.10 Å². The summed E-state index contributed by atoms with van der Waals surface area (Å²) < 4.78 is 5.97. The summed E-state index contributed by atoms with van der Waals surface area (Å²) in [6.45, 7) is 5.64. The number of rotatable bonds is 9. The molecule has 8 heteroatoms. The van der Waals surface area contributed by atoms with E-state index in [2.05, 4.69) is 49.2 Å². The van der Waals surface area contributed by atoms with Crippen molar-refractivity contribution in [2.75, 3.05) is 31.6 Å². The Hall–Kier alpha value is -3.75. The highest BCUT2D eigenvalue weighted by atomic mass is 16.5. The Morgan fingerprint density at radius 2 is 1.94 bits per heavy atom. The minimum Gasteiger partial charge on any atom is -0.493 e. The number of imidazole rings is 1. The number of anilines is 2. The van der Waals surface area contributed by atoms with Crippen molar-refractivity contribution >= 4 is 11.6 Å². The largest absolute Gasteiger partial charge is 0.493 e. The van der Waals surface area contributed by atoms with Gasteiger partial charge in [-0.05, 0) is 50.5 Å². The highest BCUT2D eigenvalue weighted by Gasteiger charge is 2.16. The minimum absolute atomic E-state index is 0.131. The lowest BCUT2D eigenvalue weighted by Gasteiger charge is -2.29. The van der Waals surface area contributed by atoms with Gasteiger partial charge in [-0.25, -0.2) is 15.0 Å². The maximum atomic E-state index is 9.63. The molecule has 3 N–H and O–H groups in total. The zero-order chi connectivity index (χ0) is 24.7. The molecule has 0 aliphatic carbocycles. The molecule has 8 nitrogen and oxygen atoms in total. The summed E-state index contributed by atoms with van der Waals surface area (Å²) in [5.41, 5.74) is 4.68. The Labute approximate surface area is 211 Å². The van der Waals surface area contributed by atoms with E-state index < -0.39 is 0 Å². The predicted molar refractivity (Wildman–Crippen MR) is 141 cm³/mol. The number of nitrogens with one attached hydrogen (secondary N) is 2. The van der Waals surface area contributed by atoms with Crippen molar-refractivity contribution < 1.29 is 9.84 Å². The van der Waals surface area contributed by atoms with Gasteiger partial charge in [0.05, 0.1) is 30.3 Å². The summed E-state index contributed by atoms with van der Waals surface area (Å²) >= 11 is 0. The van der Waals surface area contributed by atoms with E-state index in [4.69, 9.17) is 4.74 Å². The predicted octanol–water partition coefficient (Wildman–Crippen LogP) is 4.81. The number of likely N-dealkylation sites (tertiary alicyclic amines) is 1. The number of aliphatic hydroxyl groups excluding tert-OH is 1. The van der Waals surface area contributed by atoms with E-state index >= 15 is 0 Å². The van der Waals surface area contributed by atoms with Crippen LogP contribution in [0.25, 0.3) is 22.8 Å². The lowest BCUT2D eigenvalue weighted by Crippen LogP contribution is -2.36.